The fourth-order valence-electron chi connectivity index (χ4n) is 4.29. The Balaban J connectivity index is 1.33. The van der Waals surface area contributed by atoms with E-state index in [2.05, 4.69) is 10.2 Å². The van der Waals surface area contributed by atoms with Crippen LogP contribution in [0.15, 0.2) is 53.4 Å². The first-order chi connectivity index (χ1) is 14.4. The minimum absolute atomic E-state index is 0.0335. The Morgan fingerprint density at radius 3 is 2.43 bits per heavy atom. The van der Waals surface area contributed by atoms with Crippen molar-refractivity contribution in [2.45, 2.75) is 43.7 Å². The van der Waals surface area contributed by atoms with Crippen LogP contribution in [-0.4, -0.2) is 55.8 Å². The van der Waals surface area contributed by atoms with Crippen LogP contribution >= 0.6 is 0 Å². The van der Waals surface area contributed by atoms with Gasteiger partial charge in [-0.3, -0.25) is 9.69 Å². The minimum Gasteiger partial charge on any atom is -0.351 e. The standard InChI is InChI=1S/C23H29N3O3S/c1-18(23(27)24-17-19-6-3-2-4-7-19)25-12-14-26(15-13-25)30(28,29)22-11-10-20-8-5-9-21(20)16-22/h2-4,6-7,10-11,16,18H,5,8-9,12-15,17H2,1H3,(H,24,27)/t18-/m1/s1. The molecule has 2 aromatic rings. The van der Waals surface area contributed by atoms with Crippen LogP contribution in [0.3, 0.4) is 0 Å². The van der Waals surface area contributed by atoms with Crippen molar-refractivity contribution in [3.05, 3.63) is 65.2 Å². The number of fused-ring (bicyclic) bond motifs is 1. The van der Waals surface area contributed by atoms with Crippen molar-refractivity contribution in [3.63, 3.8) is 0 Å². The second-order valence-corrected chi connectivity index (χ2v) is 10.0. The summed E-state index contributed by atoms with van der Waals surface area (Å²) in [7, 11) is -3.49. The summed E-state index contributed by atoms with van der Waals surface area (Å²) in [5.74, 6) is -0.0335. The van der Waals surface area contributed by atoms with E-state index >= 15 is 0 Å². The second-order valence-electron chi connectivity index (χ2n) is 8.10. The summed E-state index contributed by atoms with van der Waals surface area (Å²) in [5.41, 5.74) is 3.50. The predicted octanol–water partition coefficient (Wildman–Crippen LogP) is 2.19. The highest BCUT2D eigenvalue weighted by Crippen LogP contribution is 2.26. The Morgan fingerprint density at radius 1 is 1.00 bits per heavy atom. The molecule has 1 fully saturated rings. The molecule has 1 aliphatic carbocycles. The molecule has 0 aromatic heterocycles. The molecule has 1 N–H and O–H groups in total. The lowest BCUT2D eigenvalue weighted by molar-refractivity contribution is -0.126. The number of nitrogens with zero attached hydrogens (tertiary/aromatic N) is 2. The highest BCUT2D eigenvalue weighted by Gasteiger charge is 2.32. The highest BCUT2D eigenvalue weighted by molar-refractivity contribution is 7.89. The molecule has 0 radical (unpaired) electrons. The van der Waals surface area contributed by atoms with Crippen LogP contribution in [0.4, 0.5) is 0 Å². The number of sulfonamides is 1. The molecule has 4 rings (SSSR count). The maximum Gasteiger partial charge on any atom is 0.243 e. The molecule has 1 heterocycles. The number of carbonyl (C=O) groups is 1. The minimum atomic E-state index is -3.49. The summed E-state index contributed by atoms with van der Waals surface area (Å²) in [5, 5.41) is 2.97. The predicted molar refractivity (Wildman–Crippen MR) is 117 cm³/mol. The Bertz CT molecular complexity index is 1000. The SMILES string of the molecule is C[C@H](C(=O)NCc1ccccc1)N1CCN(S(=O)(=O)c2ccc3c(c2)CCC3)CC1. The largest absolute Gasteiger partial charge is 0.351 e. The molecule has 1 aliphatic heterocycles. The van der Waals surface area contributed by atoms with Crippen molar-refractivity contribution in [1.82, 2.24) is 14.5 Å². The summed E-state index contributed by atoms with van der Waals surface area (Å²) >= 11 is 0. The molecule has 1 saturated heterocycles. The third-order valence-electron chi connectivity index (χ3n) is 6.22. The number of benzene rings is 2. The first-order valence-electron chi connectivity index (χ1n) is 10.6. The maximum atomic E-state index is 13.1. The van der Waals surface area contributed by atoms with Gasteiger partial charge in [0.05, 0.1) is 10.9 Å². The zero-order valence-electron chi connectivity index (χ0n) is 17.4. The number of rotatable bonds is 6. The van der Waals surface area contributed by atoms with Crippen LogP contribution in [0.5, 0.6) is 0 Å². The first-order valence-corrected chi connectivity index (χ1v) is 12.1. The first kappa shape index (κ1) is 21.0. The van der Waals surface area contributed by atoms with Crippen molar-refractivity contribution in [2.24, 2.45) is 0 Å². The Morgan fingerprint density at radius 2 is 1.70 bits per heavy atom. The molecule has 2 aromatic carbocycles. The summed E-state index contributed by atoms with van der Waals surface area (Å²) in [6, 6.07) is 15.1. The van der Waals surface area contributed by atoms with E-state index in [1.807, 2.05) is 49.4 Å². The average molecular weight is 428 g/mol. The van der Waals surface area contributed by atoms with Gasteiger partial charge in [-0.05, 0) is 55.0 Å². The fraction of sp³-hybridized carbons (Fsp3) is 0.435. The fourth-order valence-corrected chi connectivity index (χ4v) is 5.76. The van der Waals surface area contributed by atoms with E-state index in [1.54, 1.807) is 10.4 Å². The van der Waals surface area contributed by atoms with Crippen LogP contribution in [0.1, 0.15) is 30.0 Å². The lowest BCUT2D eigenvalue weighted by Crippen LogP contribution is -2.54. The third kappa shape index (κ3) is 4.43. The van der Waals surface area contributed by atoms with E-state index in [-0.39, 0.29) is 11.9 Å². The van der Waals surface area contributed by atoms with Crippen molar-refractivity contribution in [2.75, 3.05) is 26.2 Å². The van der Waals surface area contributed by atoms with E-state index in [1.165, 1.54) is 11.1 Å². The molecule has 30 heavy (non-hydrogen) atoms. The van der Waals surface area contributed by atoms with Crippen molar-refractivity contribution in [1.29, 1.82) is 0 Å². The molecule has 1 amide bonds. The monoisotopic (exact) mass is 427 g/mol. The smallest absolute Gasteiger partial charge is 0.243 e. The lowest BCUT2D eigenvalue weighted by atomic mass is 10.1. The molecule has 2 aliphatic rings. The molecule has 1 atom stereocenters. The van der Waals surface area contributed by atoms with E-state index in [9.17, 15) is 13.2 Å². The molecular formula is C23H29N3O3S. The molecule has 6 nitrogen and oxygen atoms in total. The van der Waals surface area contributed by atoms with E-state index < -0.39 is 10.0 Å². The Labute approximate surface area is 178 Å². The van der Waals surface area contributed by atoms with Gasteiger partial charge in [-0.15, -0.1) is 0 Å². The van der Waals surface area contributed by atoms with Gasteiger partial charge in [0.1, 0.15) is 0 Å². The van der Waals surface area contributed by atoms with Gasteiger partial charge in [0.25, 0.3) is 0 Å². The molecule has 0 unspecified atom stereocenters. The highest BCUT2D eigenvalue weighted by atomic mass is 32.2. The number of aryl methyl sites for hydroxylation is 2. The normalized spacial score (nSPS) is 18.7. The molecule has 0 saturated carbocycles. The zero-order chi connectivity index (χ0) is 21.1. The summed E-state index contributed by atoms with van der Waals surface area (Å²) in [4.78, 5) is 15.0. The van der Waals surface area contributed by atoms with E-state index in [0.717, 1.165) is 24.8 Å². The summed E-state index contributed by atoms with van der Waals surface area (Å²) in [6.45, 7) is 4.27. The van der Waals surface area contributed by atoms with Crippen LogP contribution in [0.25, 0.3) is 0 Å². The molecule has 0 bridgehead atoms. The van der Waals surface area contributed by atoms with Gasteiger partial charge in [-0.2, -0.15) is 4.31 Å². The van der Waals surface area contributed by atoms with E-state index in [4.69, 9.17) is 0 Å². The van der Waals surface area contributed by atoms with Crippen molar-refractivity contribution >= 4 is 15.9 Å². The van der Waals surface area contributed by atoms with Crippen LogP contribution < -0.4 is 5.32 Å². The number of piperazine rings is 1. The zero-order valence-corrected chi connectivity index (χ0v) is 18.2. The topological polar surface area (TPSA) is 69.7 Å². The van der Waals surface area contributed by atoms with Crippen molar-refractivity contribution < 1.29 is 13.2 Å². The number of hydrogen-bond acceptors (Lipinski definition) is 4. The maximum absolute atomic E-state index is 13.1. The van der Waals surface area contributed by atoms with Gasteiger partial charge in [0.15, 0.2) is 0 Å². The van der Waals surface area contributed by atoms with Crippen LogP contribution in [0, 0.1) is 0 Å². The average Bonchev–Trinajstić information content (AvgIpc) is 3.26. The third-order valence-corrected chi connectivity index (χ3v) is 8.11. The van der Waals surface area contributed by atoms with Crippen LogP contribution in [-0.2, 0) is 34.2 Å². The molecule has 7 heteroatoms. The number of hydrogen-bond donors (Lipinski definition) is 1. The number of carbonyl (C=O) groups excluding carboxylic acids is 1. The van der Waals surface area contributed by atoms with Crippen LogP contribution in [0.2, 0.25) is 0 Å². The molecular weight excluding hydrogens is 398 g/mol. The van der Waals surface area contributed by atoms with Gasteiger partial charge in [-0.1, -0.05) is 36.4 Å². The molecule has 0 spiro atoms. The van der Waals surface area contributed by atoms with Gasteiger partial charge >= 0.3 is 0 Å². The van der Waals surface area contributed by atoms with E-state index in [0.29, 0.717) is 37.6 Å². The van der Waals surface area contributed by atoms with Crippen molar-refractivity contribution in [3.8, 4) is 0 Å². The number of nitrogens with one attached hydrogen (secondary N) is 1. The van der Waals surface area contributed by atoms with Gasteiger partial charge < -0.3 is 5.32 Å². The van der Waals surface area contributed by atoms with Gasteiger partial charge in [0, 0.05) is 32.7 Å². The molecule has 160 valence electrons. The lowest BCUT2D eigenvalue weighted by Gasteiger charge is -2.36. The second kappa shape index (κ2) is 8.88. The Hall–Kier alpha value is -2.22. The Kier molecular flexibility index (Phi) is 6.22. The summed E-state index contributed by atoms with van der Waals surface area (Å²) in [6.07, 6.45) is 3.10. The quantitative estimate of drug-likeness (QED) is 0.767. The number of amides is 1. The van der Waals surface area contributed by atoms with Gasteiger partial charge in [-0.25, -0.2) is 8.42 Å². The summed E-state index contributed by atoms with van der Waals surface area (Å²) < 4.78 is 27.7. The van der Waals surface area contributed by atoms with Gasteiger partial charge in [0.2, 0.25) is 15.9 Å².